The second kappa shape index (κ2) is 8.56. The molecule has 0 aromatic heterocycles. The van der Waals surface area contributed by atoms with Gasteiger partial charge in [-0.25, -0.2) is 4.79 Å². The van der Waals surface area contributed by atoms with Crippen molar-refractivity contribution in [2.75, 3.05) is 13.2 Å². The molecular formula is C18H25NO4. The van der Waals surface area contributed by atoms with Crippen LogP contribution in [0.3, 0.4) is 0 Å². The average molecular weight is 319 g/mol. The lowest BCUT2D eigenvalue weighted by atomic mass is 9.86. The molecule has 23 heavy (non-hydrogen) atoms. The van der Waals surface area contributed by atoms with Gasteiger partial charge in [0.1, 0.15) is 11.3 Å². The first kappa shape index (κ1) is 17.3. The summed E-state index contributed by atoms with van der Waals surface area (Å²) in [5.74, 6) is 0.282. The summed E-state index contributed by atoms with van der Waals surface area (Å²) < 4.78 is 10.5. The van der Waals surface area contributed by atoms with Crippen molar-refractivity contribution < 1.29 is 19.1 Å². The fourth-order valence-electron chi connectivity index (χ4n) is 2.89. The molecule has 1 aromatic rings. The molecule has 0 aliphatic heterocycles. The molecule has 0 radical (unpaired) electrons. The van der Waals surface area contributed by atoms with Crippen LogP contribution in [0.15, 0.2) is 24.3 Å². The molecule has 0 spiro atoms. The van der Waals surface area contributed by atoms with Gasteiger partial charge in [-0.3, -0.25) is 4.79 Å². The fraction of sp³-hybridized carbons (Fsp3) is 0.556. The maximum absolute atomic E-state index is 12.1. The third-order valence-corrected chi connectivity index (χ3v) is 4.20. The highest BCUT2D eigenvalue weighted by atomic mass is 16.5. The summed E-state index contributed by atoms with van der Waals surface area (Å²) in [6.45, 7) is 4.12. The smallest absolute Gasteiger partial charge is 0.341 e. The van der Waals surface area contributed by atoms with Crippen molar-refractivity contribution in [1.29, 1.82) is 0 Å². The number of ether oxygens (including phenoxy) is 2. The highest BCUT2D eigenvalue weighted by molar-refractivity contribution is 5.92. The van der Waals surface area contributed by atoms with Crippen molar-refractivity contribution in [3.63, 3.8) is 0 Å². The fourth-order valence-corrected chi connectivity index (χ4v) is 2.89. The Balaban J connectivity index is 1.90. The van der Waals surface area contributed by atoms with Crippen LogP contribution in [0.5, 0.6) is 5.75 Å². The highest BCUT2D eigenvalue weighted by Crippen LogP contribution is 2.24. The van der Waals surface area contributed by atoms with Crippen LogP contribution in [0.1, 0.15) is 49.9 Å². The van der Waals surface area contributed by atoms with Gasteiger partial charge in [0.2, 0.25) is 0 Å². The number of esters is 1. The molecule has 126 valence electrons. The predicted octanol–water partition coefficient (Wildman–Crippen LogP) is 2.94. The standard InChI is InChI=1S/C18H25NO4/c1-3-22-18(21)14-9-5-7-11-16(14)23-12-17(20)19-15-10-6-4-8-13(15)2/h5,7,9,11,13,15H,3-4,6,8,10,12H2,1-2H3,(H,19,20)/t13-,15+/m1/s1. The van der Waals surface area contributed by atoms with Crippen molar-refractivity contribution >= 4 is 11.9 Å². The molecule has 0 bridgehead atoms. The van der Waals surface area contributed by atoms with E-state index in [1.165, 1.54) is 6.42 Å². The first-order valence-electron chi connectivity index (χ1n) is 8.30. The summed E-state index contributed by atoms with van der Waals surface area (Å²) in [6, 6.07) is 7.03. The van der Waals surface area contributed by atoms with Crippen molar-refractivity contribution in [2.24, 2.45) is 5.92 Å². The summed E-state index contributed by atoms with van der Waals surface area (Å²) in [5.41, 5.74) is 0.341. The molecular weight excluding hydrogens is 294 g/mol. The van der Waals surface area contributed by atoms with E-state index >= 15 is 0 Å². The van der Waals surface area contributed by atoms with Crippen LogP contribution < -0.4 is 10.1 Å². The van der Waals surface area contributed by atoms with Crippen LogP contribution in [0.25, 0.3) is 0 Å². The van der Waals surface area contributed by atoms with E-state index in [0.717, 1.165) is 19.3 Å². The molecule has 0 saturated heterocycles. The van der Waals surface area contributed by atoms with Gasteiger partial charge in [0.05, 0.1) is 6.61 Å². The Labute approximate surface area is 137 Å². The summed E-state index contributed by atoms with van der Waals surface area (Å²) in [5, 5.41) is 3.03. The van der Waals surface area contributed by atoms with E-state index in [-0.39, 0.29) is 18.6 Å². The molecule has 5 heteroatoms. The zero-order valence-electron chi connectivity index (χ0n) is 13.8. The van der Waals surface area contributed by atoms with Crippen LogP contribution in [0.2, 0.25) is 0 Å². The molecule has 2 atom stereocenters. The number of para-hydroxylation sites is 1. The molecule has 5 nitrogen and oxygen atoms in total. The number of rotatable bonds is 6. The second-order valence-electron chi connectivity index (χ2n) is 5.94. The van der Waals surface area contributed by atoms with E-state index in [1.807, 2.05) is 0 Å². The van der Waals surface area contributed by atoms with Crippen LogP contribution in [-0.2, 0) is 9.53 Å². The lowest BCUT2D eigenvalue weighted by Crippen LogP contribution is -2.43. The number of carbonyl (C=O) groups is 2. The van der Waals surface area contributed by atoms with Crippen molar-refractivity contribution in [3.05, 3.63) is 29.8 Å². The third kappa shape index (κ3) is 4.98. The van der Waals surface area contributed by atoms with Gasteiger partial charge >= 0.3 is 5.97 Å². The summed E-state index contributed by atoms with van der Waals surface area (Å²) in [4.78, 5) is 24.0. The summed E-state index contributed by atoms with van der Waals surface area (Å²) in [7, 11) is 0. The lowest BCUT2D eigenvalue weighted by molar-refractivity contribution is -0.124. The molecule has 0 unspecified atom stereocenters. The molecule has 1 aliphatic carbocycles. The van der Waals surface area contributed by atoms with E-state index in [0.29, 0.717) is 23.8 Å². The molecule has 1 fully saturated rings. The Kier molecular flexibility index (Phi) is 6.44. The maximum atomic E-state index is 12.1. The van der Waals surface area contributed by atoms with Gasteiger partial charge in [-0.05, 0) is 37.8 Å². The second-order valence-corrected chi connectivity index (χ2v) is 5.94. The van der Waals surface area contributed by atoms with Gasteiger partial charge in [-0.2, -0.15) is 0 Å². The van der Waals surface area contributed by atoms with Gasteiger partial charge in [0, 0.05) is 6.04 Å². The van der Waals surface area contributed by atoms with E-state index in [9.17, 15) is 9.59 Å². The van der Waals surface area contributed by atoms with Crippen LogP contribution >= 0.6 is 0 Å². The minimum Gasteiger partial charge on any atom is -0.483 e. The molecule has 1 aliphatic rings. The van der Waals surface area contributed by atoms with Crippen molar-refractivity contribution in [3.8, 4) is 5.75 Å². The monoisotopic (exact) mass is 319 g/mol. The largest absolute Gasteiger partial charge is 0.483 e. The average Bonchev–Trinajstić information content (AvgIpc) is 2.55. The normalized spacial score (nSPS) is 20.6. The number of benzene rings is 1. The molecule has 1 aromatic carbocycles. The Morgan fingerprint density at radius 3 is 2.70 bits per heavy atom. The van der Waals surface area contributed by atoms with Crippen LogP contribution in [0.4, 0.5) is 0 Å². The third-order valence-electron chi connectivity index (χ3n) is 4.20. The maximum Gasteiger partial charge on any atom is 0.341 e. The Bertz CT molecular complexity index is 544. The van der Waals surface area contributed by atoms with E-state index in [1.54, 1.807) is 31.2 Å². The summed E-state index contributed by atoms with van der Waals surface area (Å²) in [6.07, 6.45) is 4.56. The van der Waals surface area contributed by atoms with Crippen LogP contribution in [0, 0.1) is 5.92 Å². The number of carbonyl (C=O) groups excluding carboxylic acids is 2. The Morgan fingerprint density at radius 2 is 1.96 bits per heavy atom. The predicted molar refractivity (Wildman–Crippen MR) is 87.5 cm³/mol. The lowest BCUT2D eigenvalue weighted by Gasteiger charge is -2.29. The molecule has 1 N–H and O–H groups in total. The molecule has 0 heterocycles. The van der Waals surface area contributed by atoms with Crippen LogP contribution in [-0.4, -0.2) is 31.1 Å². The van der Waals surface area contributed by atoms with E-state index in [2.05, 4.69) is 12.2 Å². The van der Waals surface area contributed by atoms with E-state index < -0.39 is 5.97 Å². The van der Waals surface area contributed by atoms with Crippen molar-refractivity contribution in [1.82, 2.24) is 5.32 Å². The first-order valence-corrected chi connectivity index (χ1v) is 8.30. The first-order chi connectivity index (χ1) is 11.1. The summed E-state index contributed by atoms with van der Waals surface area (Å²) >= 11 is 0. The number of hydrogen-bond acceptors (Lipinski definition) is 4. The van der Waals surface area contributed by atoms with Gasteiger partial charge in [-0.15, -0.1) is 0 Å². The Hall–Kier alpha value is -2.04. The van der Waals surface area contributed by atoms with Gasteiger partial charge < -0.3 is 14.8 Å². The molecule has 1 amide bonds. The molecule has 1 saturated carbocycles. The minimum atomic E-state index is -0.440. The number of nitrogens with one attached hydrogen (secondary N) is 1. The Morgan fingerprint density at radius 1 is 1.22 bits per heavy atom. The van der Waals surface area contributed by atoms with E-state index in [4.69, 9.17) is 9.47 Å². The molecule has 2 rings (SSSR count). The zero-order valence-corrected chi connectivity index (χ0v) is 13.8. The number of amides is 1. The van der Waals surface area contributed by atoms with Gasteiger partial charge in [-0.1, -0.05) is 31.9 Å². The topological polar surface area (TPSA) is 64.6 Å². The van der Waals surface area contributed by atoms with Gasteiger partial charge in [0.25, 0.3) is 5.91 Å². The quantitative estimate of drug-likeness (QED) is 0.819. The minimum absolute atomic E-state index is 0.0976. The highest BCUT2D eigenvalue weighted by Gasteiger charge is 2.23. The zero-order chi connectivity index (χ0) is 16.7. The van der Waals surface area contributed by atoms with Gasteiger partial charge in [0.15, 0.2) is 6.61 Å². The van der Waals surface area contributed by atoms with Crippen molar-refractivity contribution in [2.45, 2.75) is 45.6 Å². The number of hydrogen-bond donors (Lipinski definition) is 1. The SMILES string of the molecule is CCOC(=O)c1ccccc1OCC(=O)N[C@H]1CCCC[C@H]1C.